The van der Waals surface area contributed by atoms with Crippen LogP contribution in [-0.2, 0) is 4.79 Å². The maximum absolute atomic E-state index is 12.6. The fourth-order valence-corrected chi connectivity index (χ4v) is 2.87. The van der Waals surface area contributed by atoms with Crippen molar-refractivity contribution in [3.05, 3.63) is 41.5 Å². The molecule has 0 bridgehead atoms. The first-order valence-electron chi connectivity index (χ1n) is 9.47. The molecule has 0 saturated carbocycles. The highest BCUT2D eigenvalue weighted by Gasteiger charge is 2.19. The molecule has 1 amide bonds. The van der Waals surface area contributed by atoms with Crippen molar-refractivity contribution in [2.24, 2.45) is 11.8 Å². The molecule has 0 radical (unpaired) electrons. The van der Waals surface area contributed by atoms with Crippen LogP contribution in [0.2, 0.25) is 0 Å². The third-order valence-corrected chi connectivity index (χ3v) is 4.06. The molecule has 0 spiro atoms. The zero-order chi connectivity index (χ0) is 17.9. The minimum Gasteiger partial charge on any atom is -0.338 e. The second-order valence-electron chi connectivity index (χ2n) is 7.44. The molecular formula is C22H35NO. The molecule has 0 aromatic heterocycles. The number of unbranched alkanes of at least 4 members (excludes halogenated alkanes) is 2. The molecule has 24 heavy (non-hydrogen) atoms. The van der Waals surface area contributed by atoms with Crippen molar-refractivity contribution in [1.82, 2.24) is 4.90 Å². The first kappa shape index (κ1) is 20.5. The Hall–Kier alpha value is -1.57. The van der Waals surface area contributed by atoms with Crippen LogP contribution in [0.15, 0.2) is 35.9 Å². The highest BCUT2D eigenvalue weighted by Crippen LogP contribution is 2.17. The lowest BCUT2D eigenvalue weighted by atomic mass is 10.0. The van der Waals surface area contributed by atoms with E-state index in [1.165, 1.54) is 30.4 Å². The highest BCUT2D eigenvalue weighted by atomic mass is 16.2. The Kier molecular flexibility index (Phi) is 9.44. The molecule has 1 rings (SSSR count). The number of carbonyl (C=O) groups excluding carboxylic acids is 1. The quantitative estimate of drug-likeness (QED) is 0.497. The van der Waals surface area contributed by atoms with E-state index in [0.717, 1.165) is 19.5 Å². The van der Waals surface area contributed by atoms with Crippen LogP contribution in [0.5, 0.6) is 0 Å². The van der Waals surface area contributed by atoms with E-state index in [0.29, 0.717) is 5.92 Å². The summed E-state index contributed by atoms with van der Waals surface area (Å²) in [5.41, 5.74) is 2.59. The number of amides is 1. The molecule has 0 fully saturated rings. The molecule has 0 unspecified atom stereocenters. The van der Waals surface area contributed by atoms with Gasteiger partial charge >= 0.3 is 0 Å². The van der Waals surface area contributed by atoms with Gasteiger partial charge in [0.2, 0.25) is 5.91 Å². The summed E-state index contributed by atoms with van der Waals surface area (Å²) in [5.74, 6) is 0.803. The van der Waals surface area contributed by atoms with E-state index in [9.17, 15) is 4.79 Å². The standard InChI is InChI=1S/C22H35NO/c1-6-7-9-14-21(15-20-12-10-8-11-13-20)17-23(16-18(2)3)22(24)19(4)5/h8,10-13,15,18-19H,6-7,9,14,16-17H2,1-5H3. The number of carbonyl (C=O) groups is 1. The van der Waals surface area contributed by atoms with Gasteiger partial charge in [0.05, 0.1) is 0 Å². The van der Waals surface area contributed by atoms with Crippen LogP contribution in [0, 0.1) is 11.8 Å². The number of hydrogen-bond donors (Lipinski definition) is 0. The van der Waals surface area contributed by atoms with Crippen LogP contribution in [0.25, 0.3) is 6.08 Å². The number of rotatable bonds is 10. The normalized spacial score (nSPS) is 12.0. The fourth-order valence-electron chi connectivity index (χ4n) is 2.87. The highest BCUT2D eigenvalue weighted by molar-refractivity contribution is 5.78. The molecule has 0 N–H and O–H groups in total. The van der Waals surface area contributed by atoms with Gasteiger partial charge in [0.25, 0.3) is 0 Å². The monoisotopic (exact) mass is 329 g/mol. The van der Waals surface area contributed by atoms with Gasteiger partial charge in [0.1, 0.15) is 0 Å². The van der Waals surface area contributed by atoms with E-state index in [2.05, 4.69) is 56.0 Å². The van der Waals surface area contributed by atoms with Gasteiger partial charge in [-0.15, -0.1) is 0 Å². The van der Waals surface area contributed by atoms with Gasteiger partial charge in [-0.3, -0.25) is 4.79 Å². The molecule has 0 heterocycles. The Bertz CT molecular complexity index is 502. The van der Waals surface area contributed by atoms with Crippen molar-refractivity contribution in [3.8, 4) is 0 Å². The Labute approximate surface area is 149 Å². The number of hydrogen-bond acceptors (Lipinski definition) is 1. The zero-order valence-corrected chi connectivity index (χ0v) is 16.2. The first-order valence-corrected chi connectivity index (χ1v) is 9.47. The van der Waals surface area contributed by atoms with Gasteiger partial charge in [-0.2, -0.15) is 0 Å². The van der Waals surface area contributed by atoms with Gasteiger partial charge in [0, 0.05) is 19.0 Å². The lowest BCUT2D eigenvalue weighted by Crippen LogP contribution is -2.38. The minimum atomic E-state index is 0.0531. The van der Waals surface area contributed by atoms with Crippen LogP contribution >= 0.6 is 0 Å². The van der Waals surface area contributed by atoms with E-state index in [1.54, 1.807) is 0 Å². The van der Waals surface area contributed by atoms with Gasteiger partial charge in [-0.05, 0) is 24.3 Å². The average Bonchev–Trinajstić information content (AvgIpc) is 2.54. The molecule has 0 aliphatic rings. The van der Waals surface area contributed by atoms with Crippen molar-refractivity contribution in [2.45, 2.75) is 60.3 Å². The van der Waals surface area contributed by atoms with Gasteiger partial charge in [-0.1, -0.05) is 89.4 Å². The second-order valence-corrected chi connectivity index (χ2v) is 7.44. The summed E-state index contributed by atoms with van der Waals surface area (Å²) in [6.07, 6.45) is 7.01. The lowest BCUT2D eigenvalue weighted by Gasteiger charge is -2.28. The van der Waals surface area contributed by atoms with Crippen LogP contribution in [-0.4, -0.2) is 23.9 Å². The van der Waals surface area contributed by atoms with Crippen LogP contribution in [0.1, 0.15) is 65.9 Å². The van der Waals surface area contributed by atoms with Crippen molar-refractivity contribution in [1.29, 1.82) is 0 Å². The third-order valence-electron chi connectivity index (χ3n) is 4.06. The predicted molar refractivity (Wildman–Crippen MR) is 105 cm³/mol. The number of nitrogens with zero attached hydrogens (tertiary/aromatic N) is 1. The molecule has 2 heteroatoms. The van der Waals surface area contributed by atoms with Gasteiger partial charge in [0.15, 0.2) is 0 Å². The largest absolute Gasteiger partial charge is 0.338 e. The summed E-state index contributed by atoms with van der Waals surface area (Å²) in [5, 5.41) is 0. The second kappa shape index (κ2) is 11.1. The Morgan fingerprint density at radius 2 is 1.75 bits per heavy atom. The predicted octanol–water partition coefficient (Wildman–Crippen LogP) is 5.79. The minimum absolute atomic E-state index is 0.0531. The van der Waals surface area contributed by atoms with Crippen molar-refractivity contribution >= 4 is 12.0 Å². The molecule has 1 aromatic carbocycles. The molecule has 2 nitrogen and oxygen atoms in total. The summed E-state index contributed by atoms with van der Waals surface area (Å²) in [6.45, 7) is 12.2. The maximum Gasteiger partial charge on any atom is 0.225 e. The topological polar surface area (TPSA) is 20.3 Å². The zero-order valence-electron chi connectivity index (χ0n) is 16.2. The molecule has 0 atom stereocenters. The summed E-state index contributed by atoms with van der Waals surface area (Å²) >= 11 is 0. The number of benzene rings is 1. The van der Waals surface area contributed by atoms with Crippen LogP contribution in [0.4, 0.5) is 0 Å². The summed E-state index contributed by atoms with van der Waals surface area (Å²) < 4.78 is 0. The van der Waals surface area contributed by atoms with Crippen LogP contribution in [0.3, 0.4) is 0 Å². The summed E-state index contributed by atoms with van der Waals surface area (Å²) in [4.78, 5) is 14.6. The molecule has 0 saturated heterocycles. The van der Waals surface area contributed by atoms with Gasteiger partial charge in [-0.25, -0.2) is 0 Å². The van der Waals surface area contributed by atoms with E-state index >= 15 is 0 Å². The van der Waals surface area contributed by atoms with Gasteiger partial charge < -0.3 is 4.90 Å². The maximum atomic E-state index is 12.6. The molecular weight excluding hydrogens is 294 g/mol. The molecule has 1 aromatic rings. The van der Waals surface area contributed by atoms with Crippen LogP contribution < -0.4 is 0 Å². The smallest absolute Gasteiger partial charge is 0.225 e. The Morgan fingerprint density at radius 3 is 2.29 bits per heavy atom. The van der Waals surface area contributed by atoms with Crippen molar-refractivity contribution in [2.75, 3.05) is 13.1 Å². The Balaban J connectivity index is 2.94. The van der Waals surface area contributed by atoms with Crippen molar-refractivity contribution in [3.63, 3.8) is 0 Å². The third kappa shape index (κ3) is 7.81. The van der Waals surface area contributed by atoms with E-state index in [-0.39, 0.29) is 11.8 Å². The molecule has 0 aliphatic heterocycles. The first-order chi connectivity index (χ1) is 11.4. The van der Waals surface area contributed by atoms with E-state index < -0.39 is 0 Å². The fraction of sp³-hybridized carbons (Fsp3) is 0.591. The lowest BCUT2D eigenvalue weighted by molar-refractivity contribution is -0.134. The van der Waals surface area contributed by atoms with Crippen molar-refractivity contribution < 1.29 is 4.79 Å². The SMILES string of the molecule is CCCCCC(=Cc1ccccc1)CN(CC(C)C)C(=O)C(C)C. The van der Waals surface area contributed by atoms with E-state index in [4.69, 9.17) is 0 Å². The average molecular weight is 330 g/mol. The summed E-state index contributed by atoms with van der Waals surface area (Å²) in [6, 6.07) is 10.5. The molecule has 134 valence electrons. The van der Waals surface area contributed by atoms with E-state index in [1.807, 2.05) is 19.9 Å². The Morgan fingerprint density at radius 1 is 1.08 bits per heavy atom. The summed E-state index contributed by atoms with van der Waals surface area (Å²) in [7, 11) is 0. The molecule has 0 aliphatic carbocycles.